The molecule has 2 nitrogen and oxygen atoms in total. The average Bonchev–Trinajstić information content (AvgIpc) is 3.43. The van der Waals surface area contributed by atoms with Gasteiger partial charge in [-0.05, 0) is 65.6 Å². The van der Waals surface area contributed by atoms with Gasteiger partial charge in [-0.25, -0.2) is 4.98 Å². The molecule has 0 amide bonds. The number of nitrogens with zero attached hydrogens (tertiary/aromatic N) is 2. The molecule has 0 fully saturated rings. The Kier molecular flexibility index (Phi) is 4.36. The van der Waals surface area contributed by atoms with Crippen molar-refractivity contribution < 1.29 is 0 Å². The molecule has 0 saturated heterocycles. The zero-order valence-electron chi connectivity index (χ0n) is 17.9. The fourth-order valence-corrected chi connectivity index (χ4v) is 4.44. The summed E-state index contributed by atoms with van der Waals surface area (Å²) < 4.78 is 2.21. The molecule has 2 aromatic rings. The van der Waals surface area contributed by atoms with Crippen molar-refractivity contribution in [2.75, 3.05) is 0 Å². The molecule has 2 heteroatoms. The van der Waals surface area contributed by atoms with Crippen LogP contribution in [-0.4, -0.2) is 9.55 Å². The van der Waals surface area contributed by atoms with Crippen LogP contribution in [0.25, 0.3) is 50.5 Å². The van der Waals surface area contributed by atoms with Gasteiger partial charge in [0.15, 0.2) is 0 Å². The minimum Gasteiger partial charge on any atom is -0.298 e. The second-order valence-corrected chi connectivity index (χ2v) is 8.28. The summed E-state index contributed by atoms with van der Waals surface area (Å²) in [5.41, 5.74) is 11.7. The highest BCUT2D eigenvalue weighted by Crippen LogP contribution is 2.40. The summed E-state index contributed by atoms with van der Waals surface area (Å²) in [5.74, 6) is 0. The third-order valence-corrected chi connectivity index (χ3v) is 6.08. The molecule has 152 valence electrons. The molecule has 0 aliphatic heterocycles. The lowest BCUT2D eigenvalue weighted by atomic mass is 10.1. The molecule has 0 spiro atoms. The Morgan fingerprint density at radius 3 is 1.56 bits per heavy atom. The lowest BCUT2D eigenvalue weighted by Crippen LogP contribution is -1.95. The van der Waals surface area contributed by atoms with Gasteiger partial charge in [-0.15, -0.1) is 0 Å². The predicted octanol–water partition coefficient (Wildman–Crippen LogP) is 7.72. The van der Waals surface area contributed by atoms with Crippen LogP contribution in [0.1, 0.15) is 5.56 Å². The average molecular weight is 411 g/mol. The second-order valence-electron chi connectivity index (χ2n) is 8.28. The topological polar surface area (TPSA) is 17.8 Å². The van der Waals surface area contributed by atoms with E-state index in [1.54, 1.807) is 0 Å². The summed E-state index contributed by atoms with van der Waals surface area (Å²) in [5, 5.41) is 0. The van der Waals surface area contributed by atoms with Gasteiger partial charge >= 0.3 is 0 Å². The highest BCUT2D eigenvalue weighted by atomic mass is 15.1. The third kappa shape index (κ3) is 3.17. The van der Waals surface area contributed by atoms with Crippen LogP contribution in [0.4, 0.5) is 0 Å². The first-order valence-electron chi connectivity index (χ1n) is 10.9. The summed E-state index contributed by atoms with van der Waals surface area (Å²) in [7, 11) is 0. The van der Waals surface area contributed by atoms with Crippen molar-refractivity contribution in [1.29, 1.82) is 0 Å². The maximum Gasteiger partial charge on any atom is 0.100 e. The Balaban J connectivity index is 1.61. The number of benzene rings is 1. The molecule has 4 aliphatic carbocycles. The largest absolute Gasteiger partial charge is 0.298 e. The van der Waals surface area contributed by atoms with Crippen LogP contribution in [0.3, 0.4) is 0 Å². The van der Waals surface area contributed by atoms with Gasteiger partial charge in [0, 0.05) is 16.8 Å². The van der Waals surface area contributed by atoms with Crippen LogP contribution >= 0.6 is 0 Å². The molecule has 0 unspecified atom stereocenters. The molecule has 6 rings (SSSR count). The monoisotopic (exact) mass is 410 g/mol. The fourth-order valence-electron chi connectivity index (χ4n) is 4.44. The van der Waals surface area contributed by atoms with Crippen molar-refractivity contribution in [3.63, 3.8) is 0 Å². The van der Waals surface area contributed by atoms with E-state index in [9.17, 15) is 0 Å². The van der Waals surface area contributed by atoms with E-state index in [1.165, 1.54) is 33.4 Å². The number of hydrogen-bond donors (Lipinski definition) is 0. The fraction of sp³-hybridized carbons (Fsp3) is 0.0333. The zero-order chi connectivity index (χ0) is 21.5. The van der Waals surface area contributed by atoms with E-state index >= 15 is 0 Å². The minimum atomic E-state index is 1.00. The Morgan fingerprint density at radius 1 is 0.531 bits per heavy atom. The molecule has 32 heavy (non-hydrogen) atoms. The van der Waals surface area contributed by atoms with Crippen molar-refractivity contribution in [3.8, 4) is 50.5 Å². The summed E-state index contributed by atoms with van der Waals surface area (Å²) >= 11 is 0. The number of aryl methyl sites for hydroxylation is 1. The van der Waals surface area contributed by atoms with Crippen LogP contribution in [0.5, 0.6) is 0 Å². The molecule has 1 aromatic heterocycles. The van der Waals surface area contributed by atoms with Crippen LogP contribution in [0.2, 0.25) is 0 Å². The second kappa shape index (κ2) is 7.51. The van der Waals surface area contributed by atoms with Gasteiger partial charge in [0.1, 0.15) is 6.33 Å². The molecule has 1 aromatic carbocycles. The number of aromatic nitrogens is 2. The van der Waals surface area contributed by atoms with E-state index in [4.69, 9.17) is 4.98 Å². The lowest BCUT2D eigenvalue weighted by Gasteiger charge is -2.09. The number of fused-ring (bicyclic) bond motifs is 2. The predicted molar refractivity (Wildman–Crippen MR) is 132 cm³/mol. The van der Waals surface area contributed by atoms with E-state index in [-0.39, 0.29) is 0 Å². The smallest absolute Gasteiger partial charge is 0.100 e. The molecular formula is C30H22N2. The van der Waals surface area contributed by atoms with Crippen molar-refractivity contribution in [2.24, 2.45) is 0 Å². The Hall–Kier alpha value is -4.17. The quantitative estimate of drug-likeness (QED) is 0.292. The molecule has 0 atom stereocenters. The summed E-state index contributed by atoms with van der Waals surface area (Å²) in [6.07, 6.45) is 1.95. The standard InChI is InChI=1S/C30H22N2/c1-21-12-14-28(15-13-21)32-20-31-29(26-16-22-8-4-2-5-9-23(22)17-26)30(32)27-18-24-10-6-3-7-11-25(24)19-27/h2-20H,1H3. The Morgan fingerprint density at radius 2 is 1.03 bits per heavy atom. The summed E-state index contributed by atoms with van der Waals surface area (Å²) in [6, 6.07) is 38.8. The normalized spacial score (nSPS) is 11.3. The van der Waals surface area contributed by atoms with Crippen molar-refractivity contribution in [1.82, 2.24) is 9.55 Å². The van der Waals surface area contributed by atoms with Gasteiger partial charge in [-0.2, -0.15) is 0 Å². The number of hydrogen-bond acceptors (Lipinski definition) is 1. The summed E-state index contributed by atoms with van der Waals surface area (Å²) in [6.45, 7) is 2.11. The van der Waals surface area contributed by atoms with Crippen LogP contribution in [0, 0.1) is 6.92 Å². The van der Waals surface area contributed by atoms with Gasteiger partial charge in [-0.1, -0.05) is 78.4 Å². The number of imidazole rings is 1. The van der Waals surface area contributed by atoms with Gasteiger partial charge in [-0.3, -0.25) is 4.57 Å². The molecule has 0 N–H and O–H groups in total. The maximum absolute atomic E-state index is 4.92. The van der Waals surface area contributed by atoms with E-state index in [1.807, 2.05) is 6.33 Å². The van der Waals surface area contributed by atoms with E-state index in [2.05, 4.69) is 121 Å². The number of rotatable bonds is 3. The summed E-state index contributed by atoms with van der Waals surface area (Å²) in [4.78, 5) is 4.92. The SMILES string of the molecule is Cc1ccc(-n2cnc(-c3cc4cccccc-4c3)c2-c2cc3cccccc-3c2)cc1. The van der Waals surface area contributed by atoms with Crippen molar-refractivity contribution in [3.05, 3.63) is 121 Å². The highest BCUT2D eigenvalue weighted by molar-refractivity contribution is 5.89. The molecule has 0 saturated carbocycles. The lowest BCUT2D eigenvalue weighted by molar-refractivity contribution is 1.06. The van der Waals surface area contributed by atoms with Crippen molar-refractivity contribution >= 4 is 0 Å². The van der Waals surface area contributed by atoms with Crippen LogP contribution in [-0.2, 0) is 0 Å². The molecule has 0 bridgehead atoms. The first-order chi connectivity index (χ1) is 15.8. The highest BCUT2D eigenvalue weighted by Gasteiger charge is 2.20. The zero-order valence-corrected chi connectivity index (χ0v) is 17.9. The van der Waals surface area contributed by atoms with E-state index in [0.717, 1.165) is 22.6 Å². The third-order valence-electron chi connectivity index (χ3n) is 6.08. The molecule has 1 heterocycles. The van der Waals surface area contributed by atoms with E-state index < -0.39 is 0 Å². The van der Waals surface area contributed by atoms with Crippen LogP contribution in [0.15, 0.2) is 116 Å². The van der Waals surface area contributed by atoms with Gasteiger partial charge < -0.3 is 0 Å². The van der Waals surface area contributed by atoms with E-state index in [0.29, 0.717) is 0 Å². The van der Waals surface area contributed by atoms with Crippen LogP contribution < -0.4 is 0 Å². The first-order valence-corrected chi connectivity index (χ1v) is 10.9. The maximum atomic E-state index is 4.92. The van der Waals surface area contributed by atoms with Gasteiger partial charge in [0.05, 0.1) is 11.4 Å². The first kappa shape index (κ1) is 18.6. The molecule has 4 aliphatic rings. The van der Waals surface area contributed by atoms with Crippen molar-refractivity contribution in [2.45, 2.75) is 6.92 Å². The van der Waals surface area contributed by atoms with Gasteiger partial charge in [0.2, 0.25) is 0 Å². The molecule has 0 radical (unpaired) electrons. The van der Waals surface area contributed by atoms with Gasteiger partial charge in [0.25, 0.3) is 0 Å². The Bertz CT molecular complexity index is 1410. The molecular weight excluding hydrogens is 388 g/mol. The minimum absolute atomic E-state index is 1.00. The Labute approximate surface area is 188 Å².